The number of aliphatic hydroxyl groups excluding tert-OH is 2. The molecule has 0 aromatic heterocycles. The van der Waals surface area contributed by atoms with Crippen molar-refractivity contribution in [1.82, 2.24) is 0 Å². The highest BCUT2D eigenvalue weighted by molar-refractivity contribution is 5.70. The fourth-order valence-corrected chi connectivity index (χ4v) is 1.53. The Hall–Kier alpha value is -2.59. The summed E-state index contributed by atoms with van der Waals surface area (Å²) < 4.78 is 9.27. The van der Waals surface area contributed by atoms with Crippen molar-refractivity contribution < 1.29 is 29.6 Å². The number of carbonyl (C=O) groups excluding carboxylic acids is 1. The van der Waals surface area contributed by atoms with Gasteiger partial charge in [0, 0.05) is 0 Å². The first kappa shape index (κ1) is 19.5. The minimum atomic E-state index is -1.16. The van der Waals surface area contributed by atoms with Crippen molar-refractivity contribution in [3.8, 4) is 17.6 Å². The number of aromatic hydroxyl groups is 1. The lowest BCUT2D eigenvalue weighted by molar-refractivity contribution is -0.147. The first-order valence-corrected chi connectivity index (χ1v) is 7.18. The maximum atomic E-state index is 10.8. The van der Waals surface area contributed by atoms with Crippen LogP contribution >= 0.6 is 0 Å². The second kappa shape index (κ2) is 11.0. The Morgan fingerprint density at radius 3 is 2.75 bits per heavy atom. The van der Waals surface area contributed by atoms with Crippen LogP contribution in [-0.2, 0) is 14.3 Å². The molecule has 6 heteroatoms. The third-order valence-corrected chi connectivity index (χ3v) is 2.84. The molecular weight excluding hydrogens is 312 g/mol. The molecule has 2 atom stereocenters. The third kappa shape index (κ3) is 7.61. The van der Waals surface area contributed by atoms with E-state index >= 15 is 0 Å². The molecule has 0 bridgehead atoms. The molecule has 128 valence electrons. The summed E-state index contributed by atoms with van der Waals surface area (Å²) in [6.45, 7) is -0.483. The molecule has 3 N–H and O–H groups in total. The molecule has 0 aliphatic carbocycles. The number of esters is 1. The molecular formula is C18H20O6. The summed E-state index contributed by atoms with van der Waals surface area (Å²) in [7, 11) is 1.23. The summed E-state index contributed by atoms with van der Waals surface area (Å²) in [5, 5.41) is 28.8. The van der Waals surface area contributed by atoms with Gasteiger partial charge in [-0.15, -0.1) is 0 Å². The molecule has 6 nitrogen and oxygen atoms in total. The van der Waals surface area contributed by atoms with E-state index in [2.05, 4.69) is 16.6 Å². The number of benzene rings is 1. The molecule has 1 aromatic rings. The number of allylic oxidation sites excluding steroid dienone is 3. The van der Waals surface area contributed by atoms with Crippen molar-refractivity contribution in [2.45, 2.75) is 12.2 Å². The summed E-state index contributed by atoms with van der Waals surface area (Å²) >= 11 is 0. The van der Waals surface area contributed by atoms with Gasteiger partial charge in [-0.2, -0.15) is 0 Å². The Bertz CT molecular complexity index is 638. The number of ether oxygens (including phenoxy) is 2. The maximum absolute atomic E-state index is 10.8. The van der Waals surface area contributed by atoms with E-state index in [0.717, 1.165) is 0 Å². The lowest BCUT2D eigenvalue weighted by Gasteiger charge is -2.13. The number of carbonyl (C=O) groups is 1. The fourth-order valence-electron chi connectivity index (χ4n) is 1.53. The van der Waals surface area contributed by atoms with Crippen LogP contribution in [0.25, 0.3) is 0 Å². The molecule has 0 spiro atoms. The highest BCUT2D eigenvalue weighted by Gasteiger charge is 2.13. The molecule has 0 saturated carbocycles. The number of para-hydroxylation sites is 1. The summed E-state index contributed by atoms with van der Waals surface area (Å²) in [6.07, 6.45) is 3.71. The zero-order chi connectivity index (χ0) is 17.8. The monoisotopic (exact) mass is 332 g/mol. The van der Waals surface area contributed by atoms with Crippen LogP contribution in [0.15, 0.2) is 48.6 Å². The number of rotatable bonds is 7. The van der Waals surface area contributed by atoms with Crippen LogP contribution in [-0.4, -0.2) is 53.8 Å². The predicted molar refractivity (Wildman–Crippen MR) is 88.1 cm³/mol. The predicted octanol–water partition coefficient (Wildman–Crippen LogP) is 0.767. The highest BCUT2D eigenvalue weighted by atomic mass is 16.6. The maximum Gasteiger partial charge on any atom is 0.331 e. The second-order valence-corrected chi connectivity index (χ2v) is 4.68. The highest BCUT2D eigenvalue weighted by Crippen LogP contribution is 2.13. The van der Waals surface area contributed by atoms with Gasteiger partial charge in [0.15, 0.2) is 0 Å². The van der Waals surface area contributed by atoms with Crippen molar-refractivity contribution in [3.63, 3.8) is 0 Å². The lowest BCUT2D eigenvalue weighted by atomic mass is 10.2. The molecule has 0 aliphatic rings. The molecule has 24 heavy (non-hydrogen) atoms. The lowest BCUT2D eigenvalue weighted by Crippen LogP contribution is -2.30. The van der Waals surface area contributed by atoms with Crippen molar-refractivity contribution >= 4 is 5.97 Å². The SMILES string of the molecule is COC(=O)COC[C@H](O)[C@H](O)/C=C/C=C/C#Cc1ccccc1O. The topological polar surface area (TPSA) is 96.2 Å². The van der Waals surface area contributed by atoms with E-state index in [0.29, 0.717) is 5.56 Å². The van der Waals surface area contributed by atoms with Crippen LogP contribution in [0.1, 0.15) is 5.56 Å². The Labute approximate surface area is 140 Å². The van der Waals surface area contributed by atoms with Gasteiger partial charge in [-0.1, -0.05) is 42.2 Å². The first-order valence-electron chi connectivity index (χ1n) is 7.18. The minimum Gasteiger partial charge on any atom is -0.507 e. The van der Waals surface area contributed by atoms with Gasteiger partial charge < -0.3 is 24.8 Å². The quantitative estimate of drug-likeness (QED) is 0.388. The molecule has 0 radical (unpaired) electrons. The van der Waals surface area contributed by atoms with Crippen LogP contribution in [0.2, 0.25) is 0 Å². The van der Waals surface area contributed by atoms with E-state index in [1.54, 1.807) is 30.3 Å². The number of methoxy groups -OCH3 is 1. The second-order valence-electron chi connectivity index (χ2n) is 4.68. The zero-order valence-electron chi connectivity index (χ0n) is 13.3. The molecule has 0 amide bonds. The summed E-state index contributed by atoms with van der Waals surface area (Å²) in [4.78, 5) is 10.8. The van der Waals surface area contributed by atoms with Crippen molar-refractivity contribution in [3.05, 3.63) is 54.1 Å². The Morgan fingerprint density at radius 2 is 2.04 bits per heavy atom. The Balaban J connectivity index is 2.38. The number of hydrogen-bond acceptors (Lipinski definition) is 6. The number of phenols is 1. The van der Waals surface area contributed by atoms with E-state index in [-0.39, 0.29) is 19.0 Å². The standard InChI is InChI=1S/C18H20O6/c1-23-18(22)13-24-12-17(21)16(20)11-5-3-2-4-8-14-9-6-7-10-15(14)19/h2-3,5-7,9-11,16-17,19-21H,12-13H2,1H3/b3-2+,11-5+/t16-,17+/m1/s1. The van der Waals surface area contributed by atoms with Gasteiger partial charge in [-0.05, 0) is 18.2 Å². The molecule has 1 aromatic carbocycles. The smallest absolute Gasteiger partial charge is 0.331 e. The summed E-state index contributed by atoms with van der Waals surface area (Å²) in [5.41, 5.74) is 0.518. The molecule has 1 rings (SSSR count). The number of hydrogen-bond donors (Lipinski definition) is 3. The van der Waals surface area contributed by atoms with Crippen molar-refractivity contribution in [2.75, 3.05) is 20.3 Å². The van der Waals surface area contributed by atoms with E-state index in [1.165, 1.54) is 25.3 Å². The van der Waals surface area contributed by atoms with Crippen LogP contribution < -0.4 is 0 Å². The van der Waals surface area contributed by atoms with Gasteiger partial charge in [0.2, 0.25) is 0 Å². The van der Waals surface area contributed by atoms with E-state index < -0.39 is 18.2 Å². The Morgan fingerprint density at radius 1 is 1.29 bits per heavy atom. The average molecular weight is 332 g/mol. The Kier molecular flexibility index (Phi) is 8.94. The normalized spacial score (nSPS) is 13.5. The minimum absolute atomic E-state index is 0.111. The molecule has 0 heterocycles. The summed E-state index contributed by atoms with van der Waals surface area (Å²) in [6, 6.07) is 6.72. The number of aliphatic hydroxyl groups is 2. The van der Waals surface area contributed by atoms with Gasteiger partial charge in [0.25, 0.3) is 0 Å². The van der Waals surface area contributed by atoms with Crippen LogP contribution in [0.4, 0.5) is 0 Å². The summed E-state index contributed by atoms with van der Waals surface area (Å²) in [5.74, 6) is 5.06. The molecule has 0 unspecified atom stereocenters. The first-order chi connectivity index (χ1) is 11.5. The fraction of sp³-hybridized carbons (Fsp3) is 0.278. The zero-order valence-corrected chi connectivity index (χ0v) is 13.3. The third-order valence-electron chi connectivity index (χ3n) is 2.84. The van der Waals surface area contributed by atoms with Gasteiger partial charge in [-0.25, -0.2) is 4.79 Å². The van der Waals surface area contributed by atoms with Gasteiger partial charge in [-0.3, -0.25) is 0 Å². The van der Waals surface area contributed by atoms with Crippen LogP contribution in [0.3, 0.4) is 0 Å². The van der Waals surface area contributed by atoms with E-state index in [9.17, 15) is 20.1 Å². The largest absolute Gasteiger partial charge is 0.507 e. The van der Waals surface area contributed by atoms with Gasteiger partial charge in [0.1, 0.15) is 24.6 Å². The van der Waals surface area contributed by atoms with Gasteiger partial charge in [0.05, 0.1) is 19.3 Å². The van der Waals surface area contributed by atoms with Crippen molar-refractivity contribution in [2.24, 2.45) is 0 Å². The average Bonchev–Trinajstić information content (AvgIpc) is 2.58. The van der Waals surface area contributed by atoms with Crippen LogP contribution in [0.5, 0.6) is 5.75 Å². The number of phenolic OH excluding ortho intramolecular Hbond substituents is 1. The van der Waals surface area contributed by atoms with Crippen LogP contribution in [0, 0.1) is 11.8 Å². The molecule has 0 fully saturated rings. The molecule has 0 saturated heterocycles. The van der Waals surface area contributed by atoms with E-state index in [4.69, 9.17) is 4.74 Å². The van der Waals surface area contributed by atoms with E-state index in [1.807, 2.05) is 0 Å². The van der Waals surface area contributed by atoms with Crippen molar-refractivity contribution in [1.29, 1.82) is 0 Å². The van der Waals surface area contributed by atoms with Gasteiger partial charge >= 0.3 is 5.97 Å². The molecule has 0 aliphatic heterocycles.